The molecule has 22 heavy (non-hydrogen) atoms. The number of anilines is 1. The Morgan fingerprint density at radius 3 is 2.55 bits per heavy atom. The fraction of sp³-hybridized carbons (Fsp3) is 0.214. The third kappa shape index (κ3) is 3.29. The molecule has 0 bridgehead atoms. The maximum atomic E-state index is 12.3. The molecule has 1 amide bonds. The van der Waals surface area contributed by atoms with Crippen LogP contribution in [-0.4, -0.2) is 39.8 Å². The van der Waals surface area contributed by atoms with Gasteiger partial charge < -0.3 is 10.1 Å². The number of carbonyl (C=O) groups is 1. The zero-order valence-electron chi connectivity index (χ0n) is 12.4. The third-order valence-corrected chi connectivity index (χ3v) is 5.63. The van der Waals surface area contributed by atoms with Crippen LogP contribution in [0.2, 0.25) is 0 Å². The molecule has 6 nitrogen and oxygen atoms in total. The molecule has 0 spiro atoms. The van der Waals surface area contributed by atoms with Gasteiger partial charge in [0.2, 0.25) is 10.0 Å². The molecular formula is C14H16N2O4S2. The lowest BCUT2D eigenvalue weighted by Crippen LogP contribution is -2.23. The summed E-state index contributed by atoms with van der Waals surface area (Å²) in [5.41, 5.74) is 0.389. The summed E-state index contributed by atoms with van der Waals surface area (Å²) in [6.45, 7) is 0. The number of methoxy groups -OCH3 is 1. The van der Waals surface area contributed by atoms with E-state index in [4.69, 9.17) is 4.74 Å². The van der Waals surface area contributed by atoms with E-state index in [9.17, 15) is 13.2 Å². The van der Waals surface area contributed by atoms with E-state index in [0.29, 0.717) is 10.6 Å². The van der Waals surface area contributed by atoms with Gasteiger partial charge in [-0.05, 0) is 29.6 Å². The van der Waals surface area contributed by atoms with E-state index in [1.165, 1.54) is 44.7 Å². The van der Waals surface area contributed by atoms with Crippen LogP contribution in [0.15, 0.2) is 40.6 Å². The number of rotatable bonds is 5. The van der Waals surface area contributed by atoms with Crippen molar-refractivity contribution in [3.05, 3.63) is 40.6 Å². The van der Waals surface area contributed by atoms with Crippen molar-refractivity contribution in [2.45, 2.75) is 4.90 Å². The number of benzene rings is 1. The number of ether oxygens (including phenoxy) is 1. The zero-order chi connectivity index (χ0) is 16.3. The van der Waals surface area contributed by atoms with Crippen molar-refractivity contribution in [1.29, 1.82) is 0 Å². The highest BCUT2D eigenvalue weighted by Gasteiger charge is 2.23. The van der Waals surface area contributed by atoms with Gasteiger partial charge >= 0.3 is 0 Å². The number of hydrogen-bond acceptors (Lipinski definition) is 5. The molecule has 1 heterocycles. The minimum absolute atomic E-state index is 0.00368. The molecule has 0 fully saturated rings. The highest BCUT2D eigenvalue weighted by Crippen LogP contribution is 2.29. The SMILES string of the molecule is COc1ccc(NC(=O)c2cccs2)cc1S(=O)(=O)N(C)C. The van der Waals surface area contributed by atoms with Crippen LogP contribution in [0.1, 0.15) is 9.67 Å². The first-order valence-electron chi connectivity index (χ1n) is 6.31. The Labute approximate surface area is 133 Å². The molecule has 1 aromatic heterocycles. The molecule has 0 atom stereocenters. The average molecular weight is 340 g/mol. The van der Waals surface area contributed by atoms with Crippen molar-refractivity contribution in [1.82, 2.24) is 4.31 Å². The number of nitrogens with one attached hydrogen (secondary N) is 1. The summed E-state index contributed by atoms with van der Waals surface area (Å²) in [5.74, 6) is -0.0591. The molecule has 2 aromatic rings. The van der Waals surface area contributed by atoms with Crippen molar-refractivity contribution in [2.75, 3.05) is 26.5 Å². The highest BCUT2D eigenvalue weighted by molar-refractivity contribution is 7.89. The molecule has 1 aromatic carbocycles. The lowest BCUT2D eigenvalue weighted by Gasteiger charge is -2.15. The average Bonchev–Trinajstić information content (AvgIpc) is 3.01. The Bertz CT molecular complexity index is 768. The van der Waals surface area contributed by atoms with Crippen molar-refractivity contribution in [3.63, 3.8) is 0 Å². The minimum Gasteiger partial charge on any atom is -0.495 e. The number of thiophene rings is 1. The maximum absolute atomic E-state index is 12.3. The van der Waals surface area contributed by atoms with Crippen LogP contribution in [0.5, 0.6) is 5.75 Å². The summed E-state index contributed by atoms with van der Waals surface area (Å²) < 4.78 is 30.8. The predicted molar refractivity (Wildman–Crippen MR) is 86.1 cm³/mol. The summed E-state index contributed by atoms with van der Waals surface area (Å²) in [6.07, 6.45) is 0. The monoisotopic (exact) mass is 340 g/mol. The van der Waals surface area contributed by atoms with E-state index >= 15 is 0 Å². The largest absolute Gasteiger partial charge is 0.495 e. The quantitative estimate of drug-likeness (QED) is 0.906. The van der Waals surface area contributed by atoms with Gasteiger partial charge in [-0.1, -0.05) is 6.07 Å². The van der Waals surface area contributed by atoms with E-state index in [2.05, 4.69) is 5.32 Å². The molecule has 1 N–H and O–H groups in total. The van der Waals surface area contributed by atoms with E-state index in [1.807, 2.05) is 0 Å². The third-order valence-electron chi connectivity index (χ3n) is 2.93. The van der Waals surface area contributed by atoms with E-state index < -0.39 is 10.0 Å². The number of carbonyl (C=O) groups excluding carboxylic acids is 1. The van der Waals surface area contributed by atoms with E-state index in [0.717, 1.165) is 4.31 Å². The van der Waals surface area contributed by atoms with Crippen LogP contribution in [0.25, 0.3) is 0 Å². The van der Waals surface area contributed by atoms with Crippen LogP contribution in [0.4, 0.5) is 5.69 Å². The Kier molecular flexibility index (Phi) is 4.84. The Hall–Kier alpha value is -1.90. The first kappa shape index (κ1) is 16.5. The minimum atomic E-state index is -3.67. The molecule has 118 valence electrons. The van der Waals surface area contributed by atoms with Gasteiger partial charge in [-0.2, -0.15) is 0 Å². The van der Waals surface area contributed by atoms with Crippen molar-refractivity contribution in [3.8, 4) is 5.75 Å². The number of sulfonamides is 1. The molecular weight excluding hydrogens is 324 g/mol. The Morgan fingerprint density at radius 2 is 2.00 bits per heavy atom. The number of nitrogens with zero attached hydrogens (tertiary/aromatic N) is 1. The standard InChI is InChI=1S/C14H16N2O4S2/c1-16(2)22(18,19)13-9-10(6-7-11(13)20-3)15-14(17)12-5-4-8-21-12/h4-9H,1-3H3,(H,15,17). The Balaban J connectivity index is 2.38. The van der Waals surface area contributed by atoms with E-state index in [-0.39, 0.29) is 16.6 Å². The summed E-state index contributed by atoms with van der Waals surface area (Å²) >= 11 is 1.31. The molecule has 0 aliphatic heterocycles. The molecule has 0 aliphatic rings. The van der Waals surface area contributed by atoms with E-state index in [1.54, 1.807) is 23.6 Å². The summed E-state index contributed by atoms with van der Waals surface area (Å²) in [4.78, 5) is 12.6. The maximum Gasteiger partial charge on any atom is 0.265 e. The van der Waals surface area contributed by atoms with Gasteiger partial charge in [0.05, 0.1) is 12.0 Å². The van der Waals surface area contributed by atoms with Gasteiger partial charge in [-0.25, -0.2) is 12.7 Å². The smallest absolute Gasteiger partial charge is 0.265 e. The second kappa shape index (κ2) is 6.47. The Morgan fingerprint density at radius 1 is 1.27 bits per heavy atom. The molecule has 0 saturated carbocycles. The van der Waals surface area contributed by atoms with Gasteiger partial charge in [-0.15, -0.1) is 11.3 Å². The number of hydrogen-bond donors (Lipinski definition) is 1. The van der Waals surface area contributed by atoms with Crippen LogP contribution < -0.4 is 10.1 Å². The molecule has 0 unspecified atom stereocenters. The van der Waals surface area contributed by atoms with Crippen molar-refractivity contribution >= 4 is 33.0 Å². The fourth-order valence-corrected chi connectivity index (χ4v) is 3.45. The van der Waals surface area contributed by atoms with Gasteiger partial charge in [0.25, 0.3) is 5.91 Å². The summed E-state index contributed by atoms with van der Waals surface area (Å²) in [6, 6.07) is 7.97. The van der Waals surface area contributed by atoms with Crippen LogP contribution in [0.3, 0.4) is 0 Å². The first-order valence-corrected chi connectivity index (χ1v) is 8.63. The van der Waals surface area contributed by atoms with Crippen LogP contribution >= 0.6 is 11.3 Å². The topological polar surface area (TPSA) is 75.7 Å². The summed E-state index contributed by atoms with van der Waals surface area (Å²) in [7, 11) is 0.597. The normalized spacial score (nSPS) is 11.5. The van der Waals surface area contributed by atoms with Gasteiger partial charge in [-0.3, -0.25) is 4.79 Å². The second-order valence-electron chi connectivity index (χ2n) is 4.58. The van der Waals surface area contributed by atoms with Crippen molar-refractivity contribution in [2.24, 2.45) is 0 Å². The van der Waals surface area contributed by atoms with Gasteiger partial charge in [0.15, 0.2) is 0 Å². The molecule has 0 aliphatic carbocycles. The zero-order valence-corrected chi connectivity index (χ0v) is 14.0. The molecule has 8 heteroatoms. The molecule has 0 saturated heterocycles. The number of amides is 1. The van der Waals surface area contributed by atoms with Crippen LogP contribution in [-0.2, 0) is 10.0 Å². The molecule has 0 radical (unpaired) electrons. The lowest BCUT2D eigenvalue weighted by atomic mass is 10.3. The highest BCUT2D eigenvalue weighted by atomic mass is 32.2. The fourth-order valence-electron chi connectivity index (χ4n) is 1.75. The lowest BCUT2D eigenvalue weighted by molar-refractivity contribution is 0.103. The van der Waals surface area contributed by atoms with Crippen LogP contribution in [0, 0.1) is 0 Å². The predicted octanol–water partition coefficient (Wildman–Crippen LogP) is 2.26. The van der Waals surface area contributed by atoms with Crippen molar-refractivity contribution < 1.29 is 17.9 Å². The molecule has 2 rings (SSSR count). The van der Waals surface area contributed by atoms with Gasteiger partial charge in [0, 0.05) is 19.8 Å². The van der Waals surface area contributed by atoms with Gasteiger partial charge in [0.1, 0.15) is 10.6 Å². The first-order chi connectivity index (χ1) is 10.4. The second-order valence-corrected chi connectivity index (χ2v) is 7.65. The summed E-state index contributed by atoms with van der Waals surface area (Å²) in [5, 5.41) is 4.48.